The van der Waals surface area contributed by atoms with Crippen LogP contribution in [0, 0.1) is 19.7 Å². The van der Waals surface area contributed by atoms with E-state index in [1.165, 1.54) is 12.1 Å². The van der Waals surface area contributed by atoms with Gasteiger partial charge >= 0.3 is 0 Å². The molecule has 0 bridgehead atoms. The van der Waals surface area contributed by atoms with E-state index in [1.54, 1.807) is 23.1 Å². The number of H-pyrrole nitrogens is 1. The Kier molecular flexibility index (Phi) is 4.78. The summed E-state index contributed by atoms with van der Waals surface area (Å²) in [5.74, 6) is -0.379. The summed E-state index contributed by atoms with van der Waals surface area (Å²) in [6.45, 7) is 4.97. The number of aromatic amines is 1. The van der Waals surface area contributed by atoms with Crippen molar-refractivity contribution in [3.8, 4) is 17.0 Å². The van der Waals surface area contributed by atoms with Crippen molar-refractivity contribution in [3.63, 3.8) is 0 Å². The Hall–Kier alpha value is -3.19. The molecule has 2 aliphatic heterocycles. The lowest BCUT2D eigenvalue weighted by Crippen LogP contribution is -2.36. The number of phenolic OH excluding ortho intramolecular Hbond substituents is 1. The second-order valence-corrected chi connectivity index (χ2v) is 8.38. The molecule has 3 aromatic rings. The number of rotatable bonds is 4. The van der Waals surface area contributed by atoms with Crippen LogP contribution in [0.3, 0.4) is 0 Å². The Labute approximate surface area is 179 Å². The van der Waals surface area contributed by atoms with Crippen LogP contribution in [0.25, 0.3) is 11.3 Å². The third-order valence-electron chi connectivity index (χ3n) is 6.17. The van der Waals surface area contributed by atoms with Crippen LogP contribution < -0.4 is 0 Å². The van der Waals surface area contributed by atoms with E-state index in [0.717, 1.165) is 29.5 Å². The molecule has 0 unspecified atom stereocenters. The molecule has 2 aliphatic rings. The lowest BCUT2D eigenvalue weighted by molar-refractivity contribution is 0.0495. The molecule has 160 valence electrons. The summed E-state index contributed by atoms with van der Waals surface area (Å²) in [6.07, 6.45) is 1.85. The van der Waals surface area contributed by atoms with E-state index in [4.69, 9.17) is 4.74 Å². The summed E-state index contributed by atoms with van der Waals surface area (Å²) >= 11 is 0. The Morgan fingerprint density at radius 1 is 1.26 bits per heavy atom. The van der Waals surface area contributed by atoms with Gasteiger partial charge in [0.1, 0.15) is 23.0 Å². The van der Waals surface area contributed by atoms with Crippen molar-refractivity contribution in [1.29, 1.82) is 0 Å². The molecule has 2 atom stereocenters. The van der Waals surface area contributed by atoms with Gasteiger partial charge in [-0.05, 0) is 61.6 Å². The van der Waals surface area contributed by atoms with Crippen LogP contribution in [0.15, 0.2) is 36.4 Å². The predicted octanol–water partition coefficient (Wildman–Crippen LogP) is 4.26. The minimum absolute atomic E-state index is 0.0261. The third-order valence-corrected chi connectivity index (χ3v) is 6.17. The quantitative estimate of drug-likeness (QED) is 0.660. The maximum absolute atomic E-state index is 13.6. The number of aromatic nitrogens is 2. The van der Waals surface area contributed by atoms with E-state index in [9.17, 15) is 14.3 Å². The maximum atomic E-state index is 13.6. The first-order valence-electron chi connectivity index (χ1n) is 10.5. The van der Waals surface area contributed by atoms with Crippen molar-refractivity contribution < 1.29 is 19.0 Å². The smallest absolute Gasteiger partial charge is 0.273 e. The van der Waals surface area contributed by atoms with Crippen LogP contribution in [-0.4, -0.2) is 45.4 Å². The van der Waals surface area contributed by atoms with E-state index >= 15 is 0 Å². The molecular weight excluding hydrogens is 397 g/mol. The summed E-state index contributed by atoms with van der Waals surface area (Å²) in [6, 6.07) is 9.42. The van der Waals surface area contributed by atoms with E-state index in [0.29, 0.717) is 35.7 Å². The SMILES string of the molecule is Cc1cc(C)c(-c2n[nH]c3c2[C@H](c2ccc(F)cc2)N(C[C@@H]2CCCO2)C3=O)c(O)c1. The third kappa shape index (κ3) is 3.29. The highest BCUT2D eigenvalue weighted by molar-refractivity contribution is 6.00. The fraction of sp³-hybridized carbons (Fsp3) is 0.333. The predicted molar refractivity (Wildman–Crippen MR) is 113 cm³/mol. The van der Waals surface area contributed by atoms with Crippen molar-refractivity contribution >= 4 is 5.91 Å². The number of amides is 1. The fourth-order valence-electron chi connectivity index (χ4n) is 4.83. The molecule has 1 amide bonds. The van der Waals surface area contributed by atoms with Gasteiger partial charge in [-0.2, -0.15) is 5.10 Å². The Morgan fingerprint density at radius 3 is 2.71 bits per heavy atom. The molecule has 0 saturated carbocycles. The number of carbonyl (C=O) groups excluding carboxylic acids is 1. The minimum Gasteiger partial charge on any atom is -0.507 e. The topological polar surface area (TPSA) is 78.5 Å². The van der Waals surface area contributed by atoms with Gasteiger partial charge in [-0.3, -0.25) is 9.89 Å². The summed E-state index contributed by atoms with van der Waals surface area (Å²) in [7, 11) is 0. The van der Waals surface area contributed by atoms with Gasteiger partial charge in [0, 0.05) is 24.3 Å². The van der Waals surface area contributed by atoms with Gasteiger partial charge < -0.3 is 14.7 Å². The van der Waals surface area contributed by atoms with E-state index in [2.05, 4.69) is 10.2 Å². The molecular formula is C24H24FN3O3. The maximum Gasteiger partial charge on any atom is 0.273 e. The van der Waals surface area contributed by atoms with Crippen molar-refractivity contribution in [2.75, 3.05) is 13.2 Å². The molecule has 3 heterocycles. The van der Waals surface area contributed by atoms with E-state index < -0.39 is 6.04 Å². The summed E-state index contributed by atoms with van der Waals surface area (Å²) in [5, 5.41) is 18.0. The zero-order chi connectivity index (χ0) is 21.7. The minimum atomic E-state index is -0.443. The van der Waals surface area contributed by atoms with Gasteiger partial charge in [0.2, 0.25) is 0 Å². The van der Waals surface area contributed by atoms with Crippen molar-refractivity contribution in [3.05, 3.63) is 70.2 Å². The Bertz CT molecular complexity index is 1130. The molecule has 5 rings (SSSR count). The summed E-state index contributed by atoms with van der Waals surface area (Å²) in [5.41, 5.74) is 4.85. The number of nitrogens with one attached hydrogen (secondary N) is 1. The largest absolute Gasteiger partial charge is 0.507 e. The molecule has 2 aromatic carbocycles. The first-order chi connectivity index (χ1) is 14.9. The normalized spacial score (nSPS) is 20.5. The molecule has 7 heteroatoms. The fourth-order valence-corrected chi connectivity index (χ4v) is 4.83. The molecule has 0 spiro atoms. The van der Waals surface area contributed by atoms with Crippen LogP contribution >= 0.6 is 0 Å². The zero-order valence-corrected chi connectivity index (χ0v) is 17.5. The molecule has 1 saturated heterocycles. The van der Waals surface area contributed by atoms with Gasteiger partial charge in [-0.1, -0.05) is 18.2 Å². The number of nitrogens with zero attached hydrogens (tertiary/aromatic N) is 2. The van der Waals surface area contributed by atoms with Crippen LogP contribution in [0.1, 0.15) is 51.6 Å². The second kappa shape index (κ2) is 7.50. The average Bonchev–Trinajstić information content (AvgIpc) is 3.43. The van der Waals surface area contributed by atoms with E-state index in [1.807, 2.05) is 19.9 Å². The van der Waals surface area contributed by atoms with Gasteiger partial charge in [-0.15, -0.1) is 0 Å². The number of ether oxygens (including phenoxy) is 1. The Balaban J connectivity index is 1.66. The lowest BCUT2D eigenvalue weighted by atomic mass is 9.93. The van der Waals surface area contributed by atoms with Gasteiger partial charge in [-0.25, -0.2) is 4.39 Å². The number of aryl methyl sites for hydroxylation is 2. The van der Waals surface area contributed by atoms with Gasteiger partial charge in [0.15, 0.2) is 0 Å². The van der Waals surface area contributed by atoms with Crippen molar-refractivity contribution in [2.45, 2.75) is 38.8 Å². The van der Waals surface area contributed by atoms with Gasteiger partial charge in [0.25, 0.3) is 5.91 Å². The first kappa shape index (κ1) is 19.8. The number of phenols is 1. The van der Waals surface area contributed by atoms with Gasteiger partial charge in [0.05, 0.1) is 12.1 Å². The molecule has 31 heavy (non-hydrogen) atoms. The number of carbonyl (C=O) groups is 1. The number of benzene rings is 2. The number of hydrogen-bond acceptors (Lipinski definition) is 4. The second-order valence-electron chi connectivity index (χ2n) is 8.38. The molecule has 1 aromatic heterocycles. The molecule has 0 radical (unpaired) electrons. The monoisotopic (exact) mass is 421 g/mol. The number of hydrogen-bond donors (Lipinski definition) is 2. The van der Waals surface area contributed by atoms with Crippen LogP contribution in [0.2, 0.25) is 0 Å². The number of fused-ring (bicyclic) bond motifs is 1. The zero-order valence-electron chi connectivity index (χ0n) is 17.5. The van der Waals surface area contributed by atoms with Crippen LogP contribution in [-0.2, 0) is 4.74 Å². The van der Waals surface area contributed by atoms with E-state index in [-0.39, 0.29) is 23.6 Å². The molecule has 1 fully saturated rings. The summed E-state index contributed by atoms with van der Waals surface area (Å²) in [4.78, 5) is 15.1. The average molecular weight is 421 g/mol. The highest BCUT2D eigenvalue weighted by Gasteiger charge is 2.43. The Morgan fingerprint density at radius 2 is 2.03 bits per heavy atom. The van der Waals surface area contributed by atoms with Crippen LogP contribution in [0.5, 0.6) is 5.75 Å². The molecule has 0 aliphatic carbocycles. The molecule has 2 N–H and O–H groups in total. The highest BCUT2D eigenvalue weighted by Crippen LogP contribution is 2.45. The number of halogens is 1. The lowest BCUT2D eigenvalue weighted by Gasteiger charge is -2.28. The van der Waals surface area contributed by atoms with Crippen molar-refractivity contribution in [2.24, 2.45) is 0 Å². The summed E-state index contributed by atoms with van der Waals surface area (Å²) < 4.78 is 19.4. The highest BCUT2D eigenvalue weighted by atomic mass is 19.1. The van der Waals surface area contributed by atoms with Crippen molar-refractivity contribution in [1.82, 2.24) is 15.1 Å². The van der Waals surface area contributed by atoms with Crippen LogP contribution in [0.4, 0.5) is 4.39 Å². The molecule has 6 nitrogen and oxygen atoms in total. The standard InChI is InChI=1S/C24H24FN3O3/c1-13-10-14(2)19(18(29)11-13)21-20-22(27-26-21)24(30)28(12-17-4-3-9-31-17)23(20)15-5-7-16(25)8-6-15/h5-8,10-11,17,23,29H,3-4,9,12H2,1-2H3,(H,26,27)/t17-,23-/m0/s1. The first-order valence-corrected chi connectivity index (χ1v) is 10.5. The number of aromatic hydroxyl groups is 1.